The summed E-state index contributed by atoms with van der Waals surface area (Å²) in [4.78, 5) is 46.5. The van der Waals surface area contributed by atoms with E-state index in [-0.39, 0.29) is 17.9 Å². The summed E-state index contributed by atoms with van der Waals surface area (Å²) in [6, 6.07) is 10.8. The molecule has 0 radical (unpaired) electrons. The second-order valence-corrected chi connectivity index (χ2v) is 10.1. The number of aryl methyl sites for hydroxylation is 4. The molecule has 1 heterocycles. The second-order valence-electron chi connectivity index (χ2n) is 10.1. The molecule has 0 fully saturated rings. The summed E-state index contributed by atoms with van der Waals surface area (Å²) in [6.45, 7) is 12.0. The van der Waals surface area contributed by atoms with Crippen LogP contribution in [0, 0.1) is 20.8 Å². The molecule has 44 heavy (non-hydrogen) atoms. The van der Waals surface area contributed by atoms with Gasteiger partial charge in [0.05, 0.1) is 23.6 Å². The van der Waals surface area contributed by atoms with Crippen LogP contribution in [0.3, 0.4) is 0 Å². The molecule has 2 amide bonds. The van der Waals surface area contributed by atoms with Crippen molar-refractivity contribution in [3.05, 3.63) is 76.1 Å². The van der Waals surface area contributed by atoms with Gasteiger partial charge in [-0.25, -0.2) is 14.8 Å². The van der Waals surface area contributed by atoms with E-state index in [9.17, 15) is 24.6 Å². The highest BCUT2D eigenvalue weighted by molar-refractivity contribution is 5.99. The summed E-state index contributed by atoms with van der Waals surface area (Å²) in [5, 5.41) is 27.5. The first-order valence-corrected chi connectivity index (χ1v) is 15.0. The van der Waals surface area contributed by atoms with E-state index in [4.69, 9.17) is 4.74 Å². The molecular formula is C33H45N5O6. The average molecular weight is 608 g/mol. The number of carboxylic acid groups (broad SMARTS) is 1. The average Bonchev–Trinajstić information content (AvgIpc) is 2.98. The number of hydrogen-bond donors (Lipinski definition) is 5. The van der Waals surface area contributed by atoms with E-state index in [2.05, 4.69) is 32.8 Å². The van der Waals surface area contributed by atoms with E-state index in [1.54, 1.807) is 44.2 Å². The van der Waals surface area contributed by atoms with Crippen molar-refractivity contribution >= 4 is 23.7 Å². The number of phenols is 1. The van der Waals surface area contributed by atoms with Crippen LogP contribution in [0.15, 0.2) is 42.5 Å². The molecule has 3 aromatic rings. The van der Waals surface area contributed by atoms with Crippen LogP contribution in [-0.2, 0) is 11.2 Å². The molecule has 0 unspecified atom stereocenters. The van der Waals surface area contributed by atoms with Gasteiger partial charge in [0.15, 0.2) is 0 Å². The van der Waals surface area contributed by atoms with Crippen molar-refractivity contribution in [3.8, 4) is 11.5 Å². The van der Waals surface area contributed by atoms with Crippen molar-refractivity contribution in [2.45, 2.75) is 73.3 Å². The quantitative estimate of drug-likeness (QED) is 0.150. The van der Waals surface area contributed by atoms with Gasteiger partial charge in [0.25, 0.3) is 11.8 Å². The minimum atomic E-state index is -1.37. The number of hydrogen-bond acceptors (Lipinski definition) is 8. The summed E-state index contributed by atoms with van der Waals surface area (Å²) in [5.74, 6) is -1.27. The maximum atomic E-state index is 13.1. The molecule has 11 nitrogen and oxygen atoms in total. The lowest BCUT2D eigenvalue weighted by atomic mass is 10.1. The van der Waals surface area contributed by atoms with Crippen LogP contribution < -0.4 is 20.7 Å². The largest absolute Gasteiger partial charge is 0.508 e. The molecule has 1 aromatic heterocycles. The number of benzene rings is 2. The molecule has 0 aliphatic carbocycles. The Morgan fingerprint density at radius 2 is 1.66 bits per heavy atom. The van der Waals surface area contributed by atoms with E-state index in [0.717, 1.165) is 36.8 Å². The fourth-order valence-electron chi connectivity index (χ4n) is 4.35. The minimum absolute atomic E-state index is 0.172. The predicted octanol–water partition coefficient (Wildman–Crippen LogP) is 4.97. The zero-order valence-corrected chi connectivity index (χ0v) is 26.5. The predicted molar refractivity (Wildman–Crippen MR) is 171 cm³/mol. The normalized spacial score (nSPS) is 11.0. The Bertz CT molecular complexity index is 1390. The third-order valence-electron chi connectivity index (χ3n) is 6.48. The summed E-state index contributed by atoms with van der Waals surface area (Å²) in [6.07, 6.45) is 3.40. The topological polar surface area (TPSA) is 163 Å². The van der Waals surface area contributed by atoms with Gasteiger partial charge in [-0.3, -0.25) is 9.59 Å². The maximum Gasteiger partial charge on any atom is 0.328 e. The molecule has 3 rings (SSSR count). The molecule has 0 bridgehead atoms. The minimum Gasteiger partial charge on any atom is -0.508 e. The van der Waals surface area contributed by atoms with Crippen LogP contribution in [0.2, 0.25) is 0 Å². The SMILES string of the molecule is CC.CCCCOc1cc(C)cc(C(=O)NC[C@H](NC(=O)c2c(C)nc(NCCCc3cccc(O)c3)nc2C)C(=O)O)c1. The Kier molecular flexibility index (Phi) is 14.6. The van der Waals surface area contributed by atoms with Gasteiger partial charge in [0.1, 0.15) is 17.5 Å². The number of carboxylic acids is 1. The molecule has 5 N–H and O–H groups in total. The van der Waals surface area contributed by atoms with Crippen molar-refractivity contribution in [3.63, 3.8) is 0 Å². The van der Waals surface area contributed by atoms with Gasteiger partial charge in [-0.05, 0) is 81.5 Å². The molecule has 1 atom stereocenters. The van der Waals surface area contributed by atoms with Gasteiger partial charge in [0, 0.05) is 18.7 Å². The van der Waals surface area contributed by atoms with Crippen molar-refractivity contribution < 1.29 is 29.3 Å². The van der Waals surface area contributed by atoms with Crippen LogP contribution in [-0.4, -0.2) is 63.7 Å². The highest BCUT2D eigenvalue weighted by Crippen LogP contribution is 2.18. The number of nitrogens with zero attached hydrogens (tertiary/aromatic N) is 2. The standard InChI is InChI=1S/C31H39N5O6.C2H6/c1-5-6-13-42-25-15-19(2)14-23(17-25)28(38)33-18-26(30(40)41)36-29(39)27-20(3)34-31(35-21(27)4)32-12-8-10-22-9-7-11-24(37)16-22;1-2/h7,9,11,14-17,26,37H,5-6,8,10,12-13,18H2,1-4H3,(H,33,38)(H,36,39)(H,40,41)(H,32,34,35);1-2H3/t26-;/m0./s1. The third kappa shape index (κ3) is 11.2. The Labute approximate surface area is 259 Å². The van der Waals surface area contributed by atoms with Crippen LogP contribution in [0.5, 0.6) is 11.5 Å². The summed E-state index contributed by atoms with van der Waals surface area (Å²) in [7, 11) is 0. The molecule has 0 aliphatic heterocycles. The van der Waals surface area contributed by atoms with E-state index < -0.39 is 23.8 Å². The molecule has 11 heteroatoms. The van der Waals surface area contributed by atoms with Crippen LogP contribution >= 0.6 is 0 Å². The van der Waals surface area contributed by atoms with Crippen LogP contribution in [0.1, 0.15) is 83.3 Å². The number of carbonyl (C=O) groups is 3. The molecule has 0 spiro atoms. The van der Waals surface area contributed by atoms with Crippen molar-refractivity contribution in [2.24, 2.45) is 0 Å². The zero-order chi connectivity index (χ0) is 32.6. The van der Waals surface area contributed by atoms with Crippen LogP contribution in [0.4, 0.5) is 5.95 Å². The van der Waals surface area contributed by atoms with Crippen molar-refractivity contribution in [2.75, 3.05) is 25.0 Å². The van der Waals surface area contributed by atoms with Gasteiger partial charge in [0.2, 0.25) is 5.95 Å². The molecule has 238 valence electrons. The number of ether oxygens (including phenoxy) is 1. The van der Waals surface area contributed by atoms with Gasteiger partial charge < -0.3 is 30.9 Å². The zero-order valence-electron chi connectivity index (χ0n) is 26.5. The molecule has 0 aliphatic rings. The Morgan fingerprint density at radius 3 is 2.30 bits per heavy atom. The Hall–Kier alpha value is -4.67. The number of aromatic nitrogens is 2. The van der Waals surface area contributed by atoms with Crippen LogP contribution in [0.25, 0.3) is 0 Å². The molecule has 0 saturated carbocycles. The second kappa shape index (κ2) is 18.1. The summed E-state index contributed by atoms with van der Waals surface area (Å²) in [5.41, 5.74) is 3.13. The number of rotatable bonds is 15. The maximum absolute atomic E-state index is 13.1. The third-order valence-corrected chi connectivity index (χ3v) is 6.48. The summed E-state index contributed by atoms with van der Waals surface area (Å²) < 4.78 is 5.71. The van der Waals surface area contributed by atoms with Crippen molar-refractivity contribution in [1.82, 2.24) is 20.6 Å². The van der Waals surface area contributed by atoms with E-state index in [0.29, 0.717) is 41.8 Å². The Balaban J connectivity index is 0.00000330. The van der Waals surface area contributed by atoms with Gasteiger partial charge >= 0.3 is 5.97 Å². The van der Waals surface area contributed by atoms with E-state index in [1.165, 1.54) is 0 Å². The van der Waals surface area contributed by atoms with E-state index in [1.807, 2.05) is 32.9 Å². The molecule has 2 aromatic carbocycles. The first kappa shape index (κ1) is 35.5. The number of nitrogens with one attached hydrogen (secondary N) is 3. The van der Waals surface area contributed by atoms with Crippen molar-refractivity contribution in [1.29, 1.82) is 0 Å². The lowest BCUT2D eigenvalue weighted by molar-refractivity contribution is -0.139. The number of carbonyl (C=O) groups excluding carboxylic acids is 2. The summed E-state index contributed by atoms with van der Waals surface area (Å²) >= 11 is 0. The Morgan fingerprint density at radius 1 is 0.955 bits per heavy atom. The number of phenolic OH excluding ortho intramolecular Hbond substituents is 1. The van der Waals surface area contributed by atoms with E-state index >= 15 is 0 Å². The first-order chi connectivity index (χ1) is 21.1. The molecule has 0 saturated heterocycles. The van der Waals surface area contributed by atoms with Gasteiger partial charge in [-0.2, -0.15) is 0 Å². The number of aliphatic carboxylic acids is 1. The lowest BCUT2D eigenvalue weighted by Crippen LogP contribution is -2.48. The van der Waals surface area contributed by atoms with Gasteiger partial charge in [-0.15, -0.1) is 0 Å². The number of anilines is 1. The lowest BCUT2D eigenvalue weighted by Gasteiger charge is -2.17. The molecular weight excluding hydrogens is 562 g/mol. The highest BCUT2D eigenvalue weighted by Gasteiger charge is 2.25. The fraction of sp³-hybridized carbons (Fsp3) is 0.424. The highest BCUT2D eigenvalue weighted by atomic mass is 16.5. The first-order valence-electron chi connectivity index (χ1n) is 15.0. The number of amides is 2. The number of unbranched alkanes of at least 4 members (excludes halogenated alkanes) is 1. The fourth-order valence-corrected chi connectivity index (χ4v) is 4.35. The monoisotopic (exact) mass is 607 g/mol. The smallest absolute Gasteiger partial charge is 0.328 e. The number of aromatic hydroxyl groups is 1. The van der Waals surface area contributed by atoms with Gasteiger partial charge in [-0.1, -0.05) is 39.3 Å².